The summed E-state index contributed by atoms with van der Waals surface area (Å²) in [4.78, 5) is 33.2. The summed E-state index contributed by atoms with van der Waals surface area (Å²) in [6.07, 6.45) is 3.40. The van der Waals surface area contributed by atoms with Gasteiger partial charge in [-0.1, -0.05) is 5.92 Å². The van der Waals surface area contributed by atoms with E-state index in [2.05, 4.69) is 46.6 Å². The lowest BCUT2D eigenvalue weighted by Gasteiger charge is -2.24. The topological polar surface area (TPSA) is 88.2 Å². The Balaban J connectivity index is 1.73. The number of aryl methyl sites for hydroxylation is 1. The Morgan fingerprint density at radius 1 is 1.16 bits per heavy atom. The number of hydrogen-bond acceptors (Lipinski definition) is 5. The molecule has 8 heteroatoms. The molecule has 1 amide bonds. The number of amides is 1. The van der Waals surface area contributed by atoms with Crippen LogP contribution in [-0.4, -0.2) is 27.2 Å². The second kappa shape index (κ2) is 9.74. The fourth-order valence-corrected chi connectivity index (χ4v) is 5.24. The fraction of sp³-hybridized carbons (Fsp3) is 0.400. The lowest BCUT2D eigenvalue weighted by Crippen LogP contribution is -2.28. The van der Waals surface area contributed by atoms with Crippen LogP contribution in [0.2, 0.25) is 0 Å². The molecule has 0 bridgehead atoms. The third kappa shape index (κ3) is 4.90. The average Bonchev–Trinajstić information content (AvgIpc) is 3.76. The van der Waals surface area contributed by atoms with E-state index in [1.807, 2.05) is 33.8 Å². The standard InChI is InChI=1S/C30H29IN4O3/c1-6-7-26(36)34(24-14-17(2)22(31)15-20(24)18-8-9-18)25-13-12-23-27(33-25)21(16-32)28(19-10-11-19)35(23)29(37)38-30(3,4)5/h12-15,18-19H,8-11H2,1-5H3. The number of hydrogen-bond donors (Lipinski definition) is 0. The first kappa shape index (κ1) is 26.2. The highest BCUT2D eigenvalue weighted by Gasteiger charge is 2.37. The van der Waals surface area contributed by atoms with Crippen molar-refractivity contribution < 1.29 is 14.3 Å². The average molecular weight is 620 g/mol. The third-order valence-corrected chi connectivity index (χ3v) is 7.88. The van der Waals surface area contributed by atoms with Gasteiger partial charge in [0.2, 0.25) is 0 Å². The Kier molecular flexibility index (Phi) is 6.73. The number of benzene rings is 1. The van der Waals surface area contributed by atoms with Gasteiger partial charge in [-0.2, -0.15) is 5.26 Å². The minimum atomic E-state index is -0.696. The van der Waals surface area contributed by atoms with Crippen molar-refractivity contribution >= 4 is 57.1 Å². The number of rotatable bonds is 4. The van der Waals surface area contributed by atoms with Crippen LogP contribution in [-0.2, 0) is 9.53 Å². The molecule has 2 saturated carbocycles. The quantitative estimate of drug-likeness (QED) is 0.231. The van der Waals surface area contributed by atoms with Crippen molar-refractivity contribution in [3.63, 3.8) is 0 Å². The van der Waals surface area contributed by atoms with E-state index in [0.717, 1.165) is 46.1 Å². The largest absolute Gasteiger partial charge is 0.443 e. The Bertz CT molecular complexity index is 1590. The second-order valence-electron chi connectivity index (χ2n) is 10.9. The van der Waals surface area contributed by atoms with Crippen LogP contribution in [0.15, 0.2) is 24.3 Å². The third-order valence-electron chi connectivity index (χ3n) is 6.72. The summed E-state index contributed by atoms with van der Waals surface area (Å²) in [6.45, 7) is 9.09. The molecular weight excluding hydrogens is 591 g/mol. The van der Waals surface area contributed by atoms with Crippen molar-refractivity contribution in [1.29, 1.82) is 5.26 Å². The molecule has 2 aromatic heterocycles. The van der Waals surface area contributed by atoms with Crippen LogP contribution in [0.3, 0.4) is 0 Å². The smallest absolute Gasteiger partial charge is 0.419 e. The van der Waals surface area contributed by atoms with Gasteiger partial charge in [0.25, 0.3) is 0 Å². The first-order chi connectivity index (χ1) is 18.0. The zero-order valence-corrected chi connectivity index (χ0v) is 24.3. The lowest BCUT2D eigenvalue weighted by molar-refractivity contribution is -0.112. The molecule has 7 nitrogen and oxygen atoms in total. The van der Waals surface area contributed by atoms with Gasteiger partial charge in [-0.25, -0.2) is 14.3 Å². The van der Waals surface area contributed by atoms with Crippen LogP contribution in [0.4, 0.5) is 16.3 Å². The van der Waals surface area contributed by atoms with Gasteiger partial charge < -0.3 is 4.74 Å². The molecule has 0 N–H and O–H groups in total. The van der Waals surface area contributed by atoms with E-state index >= 15 is 0 Å². The Morgan fingerprint density at radius 2 is 1.84 bits per heavy atom. The van der Waals surface area contributed by atoms with Crippen molar-refractivity contribution in [3.05, 3.63) is 50.2 Å². The monoisotopic (exact) mass is 620 g/mol. The lowest BCUT2D eigenvalue weighted by atomic mass is 10.0. The van der Waals surface area contributed by atoms with Gasteiger partial charge in [-0.05, 0) is 130 Å². The molecule has 38 heavy (non-hydrogen) atoms. The molecule has 0 aliphatic heterocycles. The predicted octanol–water partition coefficient (Wildman–Crippen LogP) is 7.05. The molecule has 5 rings (SSSR count). The maximum Gasteiger partial charge on any atom is 0.419 e. The highest BCUT2D eigenvalue weighted by molar-refractivity contribution is 14.1. The molecule has 3 aromatic rings. The number of aromatic nitrogens is 2. The summed E-state index contributed by atoms with van der Waals surface area (Å²) in [5, 5.41) is 10.2. The number of nitrogens with zero attached hydrogens (tertiary/aromatic N) is 4. The van der Waals surface area contributed by atoms with Gasteiger partial charge in [0.05, 0.1) is 16.9 Å². The van der Waals surface area contributed by atoms with E-state index in [9.17, 15) is 14.9 Å². The number of ether oxygens (including phenoxy) is 1. The molecule has 2 fully saturated rings. The molecule has 1 aromatic carbocycles. The van der Waals surface area contributed by atoms with Gasteiger partial charge in [-0.15, -0.1) is 0 Å². The van der Waals surface area contributed by atoms with Gasteiger partial charge in [0.15, 0.2) is 0 Å². The van der Waals surface area contributed by atoms with Crippen LogP contribution in [0.5, 0.6) is 0 Å². The van der Waals surface area contributed by atoms with Crippen molar-refractivity contribution in [2.24, 2.45) is 0 Å². The first-order valence-electron chi connectivity index (χ1n) is 12.8. The van der Waals surface area contributed by atoms with E-state index < -0.39 is 17.6 Å². The van der Waals surface area contributed by atoms with Crippen molar-refractivity contribution in [2.75, 3.05) is 4.90 Å². The molecule has 0 unspecified atom stereocenters. The van der Waals surface area contributed by atoms with Gasteiger partial charge in [0.1, 0.15) is 28.6 Å². The summed E-state index contributed by atoms with van der Waals surface area (Å²) in [5.41, 5.74) is 4.08. The number of halogens is 1. The molecule has 194 valence electrons. The van der Waals surface area contributed by atoms with Crippen molar-refractivity contribution in [2.45, 2.75) is 77.7 Å². The number of fused-ring (bicyclic) bond motifs is 1. The van der Waals surface area contributed by atoms with Crippen molar-refractivity contribution in [3.8, 4) is 17.9 Å². The highest BCUT2D eigenvalue weighted by atomic mass is 127. The van der Waals surface area contributed by atoms with E-state index in [0.29, 0.717) is 34.0 Å². The van der Waals surface area contributed by atoms with Crippen LogP contribution in [0.1, 0.15) is 87.6 Å². The Morgan fingerprint density at radius 3 is 2.42 bits per heavy atom. The number of nitriles is 1. The summed E-state index contributed by atoms with van der Waals surface area (Å²) >= 11 is 2.32. The normalized spacial score (nSPS) is 15.0. The Labute approximate surface area is 236 Å². The number of pyridine rings is 1. The van der Waals surface area contributed by atoms with Crippen LogP contribution in [0.25, 0.3) is 11.0 Å². The van der Waals surface area contributed by atoms with Gasteiger partial charge >= 0.3 is 12.0 Å². The SMILES string of the molecule is CC#CC(=O)N(c1ccc2c(n1)c(C#N)c(C1CC1)n2C(=O)OC(C)(C)C)c1cc(C)c(I)cc1C1CC1. The van der Waals surface area contributed by atoms with E-state index in [-0.39, 0.29) is 5.92 Å². The molecular formula is C30H29IN4O3. The molecule has 0 spiro atoms. The predicted molar refractivity (Wildman–Crippen MR) is 155 cm³/mol. The molecule has 2 aliphatic rings. The van der Waals surface area contributed by atoms with Gasteiger partial charge in [0, 0.05) is 9.49 Å². The summed E-state index contributed by atoms with van der Waals surface area (Å²) in [7, 11) is 0. The van der Waals surface area contributed by atoms with E-state index in [1.54, 1.807) is 24.0 Å². The van der Waals surface area contributed by atoms with E-state index in [1.165, 1.54) is 4.57 Å². The fourth-order valence-electron chi connectivity index (χ4n) is 4.75. The van der Waals surface area contributed by atoms with Gasteiger partial charge in [-0.3, -0.25) is 9.69 Å². The molecule has 2 aliphatic carbocycles. The summed E-state index contributed by atoms with van der Waals surface area (Å²) < 4.78 is 8.34. The molecule has 0 radical (unpaired) electrons. The Hall–Kier alpha value is -3.37. The first-order valence-corrected chi connectivity index (χ1v) is 13.9. The molecule has 0 saturated heterocycles. The maximum atomic E-state index is 13.4. The number of carbonyl (C=O) groups is 2. The van der Waals surface area contributed by atoms with Crippen LogP contribution in [0, 0.1) is 33.7 Å². The van der Waals surface area contributed by atoms with Crippen LogP contribution >= 0.6 is 22.6 Å². The number of anilines is 2. The summed E-state index contributed by atoms with van der Waals surface area (Å²) in [6, 6.07) is 9.93. The zero-order valence-electron chi connectivity index (χ0n) is 22.2. The van der Waals surface area contributed by atoms with Crippen LogP contribution < -0.4 is 4.90 Å². The zero-order chi connectivity index (χ0) is 27.4. The molecule has 0 atom stereocenters. The minimum Gasteiger partial charge on any atom is -0.443 e. The van der Waals surface area contributed by atoms with Crippen molar-refractivity contribution in [1.82, 2.24) is 9.55 Å². The summed E-state index contributed by atoms with van der Waals surface area (Å²) in [5.74, 6) is 5.86. The maximum absolute atomic E-state index is 13.4. The minimum absolute atomic E-state index is 0.0961. The van der Waals surface area contributed by atoms with E-state index in [4.69, 9.17) is 9.72 Å². The second-order valence-corrected chi connectivity index (χ2v) is 12.1. The number of carbonyl (C=O) groups excluding carboxylic acids is 2. The molecule has 2 heterocycles. The highest BCUT2D eigenvalue weighted by Crippen LogP contribution is 2.48.